The fraction of sp³-hybridized carbons (Fsp3) is 0.324. The number of phenols is 1. The molecule has 0 amide bonds. The molecule has 0 radical (unpaired) electrons. The number of ether oxygens (including phenoxy) is 1. The van der Waals surface area contributed by atoms with Crippen molar-refractivity contribution in [3.05, 3.63) is 82.4 Å². The minimum Gasteiger partial charge on any atom is -0.508 e. The lowest BCUT2D eigenvalue weighted by atomic mass is 9.96. The first-order valence-corrected chi connectivity index (χ1v) is 17.7. The number of rotatable bonds is 10. The Balaban J connectivity index is 0.000000436. The van der Waals surface area contributed by atoms with Crippen LogP contribution in [-0.2, 0) is 25.6 Å². The fourth-order valence-corrected chi connectivity index (χ4v) is 7.35. The number of aliphatic carboxylic acids is 4. The Bertz CT molecular complexity index is 1850. The lowest BCUT2D eigenvalue weighted by Gasteiger charge is -2.15. The van der Waals surface area contributed by atoms with Crippen LogP contribution in [-0.4, -0.2) is 111 Å². The van der Waals surface area contributed by atoms with E-state index in [1.165, 1.54) is 37.0 Å². The molecule has 6 rings (SSSR count). The second kappa shape index (κ2) is 19.0. The van der Waals surface area contributed by atoms with Gasteiger partial charge in [-0.25, -0.2) is 19.2 Å². The lowest BCUT2D eigenvalue weighted by molar-refractivity contribution is -0.159. The van der Waals surface area contributed by atoms with Crippen LogP contribution in [0, 0.1) is 0 Å². The van der Waals surface area contributed by atoms with Gasteiger partial charge in [0.1, 0.15) is 18.1 Å². The summed E-state index contributed by atoms with van der Waals surface area (Å²) in [4.78, 5) is 56.2. The molecule has 0 bridgehead atoms. The summed E-state index contributed by atoms with van der Waals surface area (Å²) in [6, 6.07) is 18.9. The Morgan fingerprint density at radius 3 is 1.81 bits per heavy atom. The number of likely N-dealkylation sites (tertiary alicyclic amines) is 2. The number of aromatic hydroxyl groups is 1. The van der Waals surface area contributed by atoms with Crippen molar-refractivity contribution in [2.45, 2.75) is 32.1 Å². The third-order valence-corrected chi connectivity index (χ3v) is 10.0. The van der Waals surface area contributed by atoms with Gasteiger partial charge >= 0.3 is 23.9 Å². The summed E-state index contributed by atoms with van der Waals surface area (Å²) in [6.07, 6.45) is 5.97. The molecule has 3 aromatic carbocycles. The van der Waals surface area contributed by atoms with E-state index in [0.29, 0.717) is 22.8 Å². The molecule has 52 heavy (non-hydrogen) atoms. The van der Waals surface area contributed by atoms with E-state index in [4.69, 9.17) is 55.9 Å². The van der Waals surface area contributed by atoms with Crippen molar-refractivity contribution >= 4 is 62.7 Å². The third-order valence-electron chi connectivity index (χ3n) is 8.47. The predicted octanol–water partition coefficient (Wildman–Crippen LogP) is 5.58. The van der Waals surface area contributed by atoms with E-state index in [1.54, 1.807) is 12.1 Å². The number of hydrogen-bond donors (Lipinski definition) is 5. The molecule has 13 nitrogen and oxygen atoms in total. The molecule has 0 spiro atoms. The zero-order valence-corrected chi connectivity index (χ0v) is 29.7. The van der Waals surface area contributed by atoms with Gasteiger partial charge < -0.3 is 35.2 Å². The zero-order chi connectivity index (χ0) is 37.8. The Morgan fingerprint density at radius 2 is 1.27 bits per heavy atom. The normalized spacial score (nSPS) is 14.2. The smallest absolute Gasteiger partial charge is 0.414 e. The Kier molecular flexibility index (Phi) is 14.5. The summed E-state index contributed by atoms with van der Waals surface area (Å²) in [7, 11) is 0. The number of thiophene rings is 1. The minimum absolute atomic E-state index is 0.0640. The van der Waals surface area contributed by atoms with Gasteiger partial charge in [0.05, 0.1) is 0 Å². The fourth-order valence-electron chi connectivity index (χ4n) is 5.84. The summed E-state index contributed by atoms with van der Waals surface area (Å²) in [5.74, 6) is -6.35. The van der Waals surface area contributed by atoms with Gasteiger partial charge in [0.25, 0.3) is 0 Å². The van der Waals surface area contributed by atoms with Gasteiger partial charge in [0.2, 0.25) is 0 Å². The van der Waals surface area contributed by atoms with Gasteiger partial charge in [-0.2, -0.15) is 0 Å². The molecule has 3 heterocycles. The van der Waals surface area contributed by atoms with Gasteiger partial charge in [-0.05, 0) is 118 Å². The Hall–Kier alpha value is -5.02. The maximum Gasteiger partial charge on any atom is 0.414 e. The van der Waals surface area contributed by atoms with Crippen LogP contribution in [0.1, 0.15) is 47.2 Å². The quantitative estimate of drug-likeness (QED) is 0.0993. The van der Waals surface area contributed by atoms with E-state index in [2.05, 4.69) is 9.80 Å². The number of hydrogen-bond acceptors (Lipinski definition) is 10. The molecule has 276 valence electrons. The van der Waals surface area contributed by atoms with E-state index in [9.17, 15) is 9.90 Å². The molecule has 5 N–H and O–H groups in total. The highest BCUT2D eigenvalue weighted by Crippen LogP contribution is 2.41. The SMILES string of the molecule is O=C(O)C(=O)O.O=C(O)C(=O)O.O=C(c1ccc(CCN2CCCC2)c(Cl)c1)c1c(-c2ccc(OCCN3CCCC3)cc2)sc2cc(O)ccc12. The second-order valence-electron chi connectivity index (χ2n) is 12.1. The Morgan fingerprint density at radius 1 is 0.712 bits per heavy atom. The van der Waals surface area contributed by atoms with Gasteiger partial charge in [0, 0.05) is 44.2 Å². The molecule has 15 heteroatoms. The molecule has 0 aliphatic carbocycles. The van der Waals surface area contributed by atoms with Crippen molar-refractivity contribution in [2.75, 3.05) is 45.9 Å². The zero-order valence-electron chi connectivity index (χ0n) is 28.1. The molecule has 2 aliphatic rings. The van der Waals surface area contributed by atoms with Crippen LogP contribution >= 0.6 is 22.9 Å². The Labute approximate surface area is 308 Å². The highest BCUT2D eigenvalue weighted by Gasteiger charge is 2.23. The van der Waals surface area contributed by atoms with Crippen molar-refractivity contribution in [1.29, 1.82) is 0 Å². The van der Waals surface area contributed by atoms with Gasteiger partial charge in [-0.3, -0.25) is 9.69 Å². The molecule has 0 unspecified atom stereocenters. The van der Waals surface area contributed by atoms with E-state index < -0.39 is 23.9 Å². The van der Waals surface area contributed by atoms with Crippen molar-refractivity contribution in [3.63, 3.8) is 0 Å². The summed E-state index contributed by atoms with van der Waals surface area (Å²) >= 11 is 8.22. The molecule has 4 aromatic rings. The summed E-state index contributed by atoms with van der Waals surface area (Å²) in [5, 5.41) is 41.2. The second-order valence-corrected chi connectivity index (χ2v) is 13.5. The maximum atomic E-state index is 14.0. The van der Waals surface area contributed by atoms with Crippen molar-refractivity contribution < 1.29 is 54.2 Å². The molecular formula is C37H39ClN2O11S. The number of benzene rings is 3. The summed E-state index contributed by atoms with van der Waals surface area (Å²) in [5.41, 5.74) is 3.24. The van der Waals surface area contributed by atoms with Crippen LogP contribution in [0.15, 0.2) is 60.7 Å². The number of halogens is 1. The van der Waals surface area contributed by atoms with Crippen LogP contribution in [0.3, 0.4) is 0 Å². The van der Waals surface area contributed by atoms with Crippen molar-refractivity contribution in [2.24, 2.45) is 0 Å². The number of carbonyl (C=O) groups excluding carboxylic acids is 1. The molecule has 2 saturated heterocycles. The first-order valence-electron chi connectivity index (χ1n) is 16.5. The van der Waals surface area contributed by atoms with Crippen molar-refractivity contribution in [3.8, 4) is 21.9 Å². The number of carbonyl (C=O) groups is 5. The minimum atomic E-state index is -1.82. The summed E-state index contributed by atoms with van der Waals surface area (Å²) in [6.45, 7) is 7.24. The average molecular weight is 755 g/mol. The average Bonchev–Trinajstić information content (AvgIpc) is 3.90. The van der Waals surface area contributed by atoms with Gasteiger partial charge in [-0.15, -0.1) is 11.3 Å². The van der Waals surface area contributed by atoms with Gasteiger partial charge in [0.15, 0.2) is 5.78 Å². The number of phenolic OH excluding ortho intramolecular Hbond substituents is 1. The molecule has 2 aliphatic heterocycles. The highest BCUT2D eigenvalue weighted by molar-refractivity contribution is 7.22. The van der Waals surface area contributed by atoms with E-state index in [-0.39, 0.29) is 11.5 Å². The molecule has 1 aromatic heterocycles. The third kappa shape index (κ3) is 11.2. The molecule has 0 atom stereocenters. The van der Waals surface area contributed by atoms with Crippen LogP contribution in [0.5, 0.6) is 11.5 Å². The van der Waals surface area contributed by atoms with E-state index >= 15 is 0 Å². The van der Waals surface area contributed by atoms with E-state index in [0.717, 1.165) is 77.5 Å². The number of carboxylic acid groups (broad SMARTS) is 4. The highest BCUT2D eigenvalue weighted by atomic mass is 35.5. The number of nitrogens with zero attached hydrogens (tertiary/aromatic N) is 2. The van der Waals surface area contributed by atoms with Crippen LogP contribution < -0.4 is 4.74 Å². The largest absolute Gasteiger partial charge is 0.508 e. The topological polar surface area (TPSA) is 202 Å². The maximum absolute atomic E-state index is 14.0. The molecule has 2 fully saturated rings. The van der Waals surface area contributed by atoms with Crippen LogP contribution in [0.25, 0.3) is 20.5 Å². The van der Waals surface area contributed by atoms with Crippen LogP contribution in [0.4, 0.5) is 0 Å². The van der Waals surface area contributed by atoms with Crippen molar-refractivity contribution in [1.82, 2.24) is 9.80 Å². The van der Waals surface area contributed by atoms with Crippen LogP contribution in [0.2, 0.25) is 5.02 Å². The molecular weight excluding hydrogens is 716 g/mol. The molecule has 0 saturated carbocycles. The predicted molar refractivity (Wildman–Crippen MR) is 195 cm³/mol. The summed E-state index contributed by atoms with van der Waals surface area (Å²) < 4.78 is 6.87. The first kappa shape index (κ1) is 39.8. The lowest BCUT2D eigenvalue weighted by Crippen LogP contribution is -2.25. The number of ketones is 1. The monoisotopic (exact) mass is 754 g/mol. The number of carboxylic acids is 4. The van der Waals surface area contributed by atoms with Gasteiger partial charge in [-0.1, -0.05) is 23.7 Å². The standard InChI is InChI=1S/C33H35ClN2O3S.2C2H2O4/c34-29-21-25(6-5-23(29)13-18-35-14-1-2-15-35)32(38)31-28-12-9-26(37)22-30(28)40-33(31)24-7-10-27(11-8-24)39-20-19-36-16-3-4-17-36;2*3-1(4)2(5)6/h5-12,21-22,37H,1-4,13-20H2;2*(H,3,4)(H,5,6). The first-order chi connectivity index (χ1) is 24.8. The number of fused-ring (bicyclic) bond motifs is 1. The van der Waals surface area contributed by atoms with E-state index in [1.807, 2.05) is 48.5 Å².